The Labute approximate surface area is 74.0 Å². The third kappa shape index (κ3) is 2.02. The fraction of sp³-hybridized carbons (Fsp3) is 0.333. The summed E-state index contributed by atoms with van der Waals surface area (Å²) in [7, 11) is 3.83. The first-order valence-corrected chi connectivity index (χ1v) is 4.67. The molecule has 0 unspecified atom stereocenters. The molecule has 0 amide bonds. The largest absolute Gasteiger partial charge is 0.504 e. The van der Waals surface area contributed by atoms with E-state index in [-0.39, 0.29) is 5.75 Å². The maximum atomic E-state index is 9.32. The lowest BCUT2D eigenvalue weighted by atomic mass is 10.5. The van der Waals surface area contributed by atoms with E-state index in [1.807, 2.05) is 18.4 Å². The molecule has 1 aromatic rings. The Balaban J connectivity index is 2.79. The van der Waals surface area contributed by atoms with Crippen molar-refractivity contribution in [2.45, 2.75) is 4.21 Å². The average Bonchev–Trinajstić information content (AvgIpc) is 2.18. The summed E-state index contributed by atoms with van der Waals surface area (Å²) in [4.78, 5) is 0. The summed E-state index contributed by atoms with van der Waals surface area (Å²) in [6.07, 6.45) is 0. The number of hydrogen-bond acceptors (Lipinski definition) is 5. The zero-order chi connectivity index (χ0) is 8.43. The van der Waals surface area contributed by atoms with Crippen molar-refractivity contribution in [3.63, 3.8) is 0 Å². The van der Waals surface area contributed by atoms with Crippen molar-refractivity contribution in [1.82, 2.24) is 4.31 Å². The summed E-state index contributed by atoms with van der Waals surface area (Å²) in [6, 6.07) is 0. The van der Waals surface area contributed by atoms with Crippen LogP contribution >= 0.6 is 23.3 Å². The standard InChI is InChI=1S/C6H10N2OS2/c1-8(2)11-6-5(9)4(7)3-10-6/h3,9H,7H2,1-2H3. The molecule has 3 nitrogen and oxygen atoms in total. The molecular formula is C6H10N2OS2. The van der Waals surface area contributed by atoms with Crippen LogP contribution in [0.25, 0.3) is 0 Å². The van der Waals surface area contributed by atoms with Crippen LogP contribution in [0, 0.1) is 0 Å². The topological polar surface area (TPSA) is 49.5 Å². The van der Waals surface area contributed by atoms with Gasteiger partial charge in [-0.25, -0.2) is 0 Å². The third-order valence-corrected chi connectivity index (χ3v) is 3.04. The van der Waals surface area contributed by atoms with Gasteiger partial charge in [-0.15, -0.1) is 11.3 Å². The van der Waals surface area contributed by atoms with Gasteiger partial charge in [0.1, 0.15) is 4.21 Å². The van der Waals surface area contributed by atoms with Gasteiger partial charge in [-0.3, -0.25) is 4.31 Å². The van der Waals surface area contributed by atoms with Crippen LogP contribution in [0.3, 0.4) is 0 Å². The first kappa shape index (κ1) is 8.70. The molecule has 11 heavy (non-hydrogen) atoms. The van der Waals surface area contributed by atoms with Gasteiger partial charge in [-0.2, -0.15) is 0 Å². The van der Waals surface area contributed by atoms with Gasteiger partial charge in [0.15, 0.2) is 5.75 Å². The molecule has 1 rings (SSSR count). The molecule has 0 saturated heterocycles. The molecule has 0 atom stereocenters. The highest BCUT2D eigenvalue weighted by Gasteiger charge is 2.08. The van der Waals surface area contributed by atoms with Crippen LogP contribution in [-0.4, -0.2) is 23.5 Å². The van der Waals surface area contributed by atoms with E-state index >= 15 is 0 Å². The van der Waals surface area contributed by atoms with Crippen LogP contribution in [0.15, 0.2) is 9.59 Å². The zero-order valence-electron chi connectivity index (χ0n) is 6.37. The van der Waals surface area contributed by atoms with Crippen LogP contribution in [0.1, 0.15) is 0 Å². The van der Waals surface area contributed by atoms with E-state index in [0.717, 1.165) is 4.21 Å². The SMILES string of the molecule is CN(C)Sc1scc(N)c1O. The lowest BCUT2D eigenvalue weighted by Crippen LogP contribution is -1.97. The van der Waals surface area contributed by atoms with E-state index in [0.29, 0.717) is 5.69 Å². The number of anilines is 1. The molecule has 1 heterocycles. The van der Waals surface area contributed by atoms with Crippen molar-refractivity contribution in [1.29, 1.82) is 0 Å². The Morgan fingerprint density at radius 1 is 1.64 bits per heavy atom. The van der Waals surface area contributed by atoms with Gasteiger partial charge in [0, 0.05) is 5.38 Å². The molecule has 1 aromatic heterocycles. The van der Waals surface area contributed by atoms with Crippen molar-refractivity contribution in [2.75, 3.05) is 19.8 Å². The maximum absolute atomic E-state index is 9.32. The predicted molar refractivity (Wildman–Crippen MR) is 49.9 cm³/mol. The minimum Gasteiger partial charge on any atom is -0.504 e. The molecule has 5 heteroatoms. The molecule has 0 radical (unpaired) electrons. The van der Waals surface area contributed by atoms with Crippen LogP contribution < -0.4 is 5.73 Å². The van der Waals surface area contributed by atoms with E-state index in [4.69, 9.17) is 5.73 Å². The zero-order valence-corrected chi connectivity index (χ0v) is 8.00. The highest BCUT2D eigenvalue weighted by atomic mass is 32.2. The Kier molecular flexibility index (Phi) is 2.64. The summed E-state index contributed by atoms with van der Waals surface area (Å²) in [5.74, 6) is 0.203. The molecule has 0 aromatic carbocycles. The summed E-state index contributed by atoms with van der Waals surface area (Å²) in [5, 5.41) is 11.1. The molecule has 62 valence electrons. The highest BCUT2D eigenvalue weighted by Crippen LogP contribution is 2.39. The molecule has 0 saturated carbocycles. The molecule has 0 aliphatic carbocycles. The minimum absolute atomic E-state index is 0.203. The maximum Gasteiger partial charge on any atom is 0.164 e. The highest BCUT2D eigenvalue weighted by molar-refractivity contribution is 7.99. The van der Waals surface area contributed by atoms with Crippen LogP contribution in [0.5, 0.6) is 5.75 Å². The Morgan fingerprint density at radius 3 is 2.64 bits per heavy atom. The van der Waals surface area contributed by atoms with Gasteiger partial charge in [-0.05, 0) is 26.0 Å². The minimum atomic E-state index is 0.203. The fourth-order valence-electron chi connectivity index (χ4n) is 0.577. The summed E-state index contributed by atoms with van der Waals surface area (Å²) in [6.45, 7) is 0. The lowest BCUT2D eigenvalue weighted by Gasteiger charge is -2.05. The fourth-order valence-corrected chi connectivity index (χ4v) is 2.45. The van der Waals surface area contributed by atoms with Gasteiger partial charge >= 0.3 is 0 Å². The number of hydrogen-bond donors (Lipinski definition) is 2. The molecule has 3 N–H and O–H groups in total. The summed E-state index contributed by atoms with van der Waals surface area (Å²) in [5.41, 5.74) is 5.90. The number of nitrogens with zero attached hydrogens (tertiary/aromatic N) is 1. The van der Waals surface area contributed by atoms with Crippen molar-refractivity contribution in [2.24, 2.45) is 0 Å². The second kappa shape index (κ2) is 3.34. The average molecular weight is 190 g/mol. The smallest absolute Gasteiger partial charge is 0.164 e. The summed E-state index contributed by atoms with van der Waals surface area (Å²) >= 11 is 2.92. The number of aromatic hydroxyl groups is 1. The van der Waals surface area contributed by atoms with Crippen molar-refractivity contribution >= 4 is 29.0 Å². The molecule has 0 bridgehead atoms. The van der Waals surface area contributed by atoms with Crippen molar-refractivity contribution in [3.8, 4) is 5.75 Å². The van der Waals surface area contributed by atoms with Crippen LogP contribution in [0.4, 0.5) is 5.69 Å². The van der Waals surface area contributed by atoms with Crippen LogP contribution in [0.2, 0.25) is 0 Å². The predicted octanol–water partition coefficient (Wildman–Crippen LogP) is 1.60. The number of rotatable bonds is 2. The van der Waals surface area contributed by atoms with E-state index in [1.165, 1.54) is 23.3 Å². The molecule has 0 fully saturated rings. The molecular weight excluding hydrogens is 180 g/mol. The lowest BCUT2D eigenvalue weighted by molar-refractivity contribution is 0.469. The Morgan fingerprint density at radius 2 is 2.27 bits per heavy atom. The Hall–Kier alpha value is -0.390. The van der Waals surface area contributed by atoms with Crippen molar-refractivity contribution in [3.05, 3.63) is 5.38 Å². The normalized spacial score (nSPS) is 10.8. The van der Waals surface area contributed by atoms with Gasteiger partial charge in [0.05, 0.1) is 5.69 Å². The first-order valence-electron chi connectivity index (χ1n) is 3.02. The van der Waals surface area contributed by atoms with Gasteiger partial charge in [0.25, 0.3) is 0 Å². The second-order valence-electron chi connectivity index (χ2n) is 2.23. The quantitative estimate of drug-likeness (QED) is 0.696. The Bertz CT molecular complexity index is 247. The van der Waals surface area contributed by atoms with Gasteiger partial charge < -0.3 is 10.8 Å². The van der Waals surface area contributed by atoms with E-state index in [9.17, 15) is 5.11 Å². The third-order valence-electron chi connectivity index (χ3n) is 1.03. The van der Waals surface area contributed by atoms with Gasteiger partial charge in [0.2, 0.25) is 0 Å². The second-order valence-corrected chi connectivity index (χ2v) is 4.69. The molecule has 0 aliphatic rings. The van der Waals surface area contributed by atoms with Gasteiger partial charge in [-0.1, -0.05) is 0 Å². The van der Waals surface area contributed by atoms with Crippen molar-refractivity contribution < 1.29 is 5.11 Å². The molecule has 0 spiro atoms. The summed E-state index contributed by atoms with van der Waals surface area (Å²) < 4.78 is 2.75. The monoisotopic (exact) mass is 190 g/mol. The van der Waals surface area contributed by atoms with Crippen LogP contribution in [-0.2, 0) is 0 Å². The number of thiophene rings is 1. The van der Waals surface area contributed by atoms with E-state index in [2.05, 4.69) is 0 Å². The van der Waals surface area contributed by atoms with E-state index in [1.54, 1.807) is 5.38 Å². The number of nitrogens with two attached hydrogens (primary N) is 1. The molecule has 0 aliphatic heterocycles. The number of nitrogen functional groups attached to an aromatic ring is 1. The van der Waals surface area contributed by atoms with E-state index < -0.39 is 0 Å². The first-order chi connectivity index (χ1) is 5.11.